The van der Waals surface area contributed by atoms with Crippen molar-refractivity contribution >= 4 is 17.7 Å². The molecule has 138 valence electrons. The van der Waals surface area contributed by atoms with Gasteiger partial charge in [0, 0.05) is 13.1 Å². The van der Waals surface area contributed by atoms with Crippen LogP contribution in [0.4, 0.5) is 0 Å². The first-order valence-corrected chi connectivity index (χ1v) is 8.81. The number of Topliss-reactive ketones (excluding diaryl/α,β-unsaturated/α-hetero) is 1. The van der Waals surface area contributed by atoms with E-state index >= 15 is 0 Å². The number of esters is 1. The van der Waals surface area contributed by atoms with Gasteiger partial charge in [-0.1, -0.05) is 37.3 Å². The maximum Gasteiger partial charge on any atom is 0.375 e. The van der Waals surface area contributed by atoms with Crippen molar-refractivity contribution in [3.05, 3.63) is 35.9 Å². The normalized spacial score (nSPS) is 11.0. The van der Waals surface area contributed by atoms with Crippen LogP contribution >= 0.6 is 0 Å². The van der Waals surface area contributed by atoms with Crippen LogP contribution < -0.4 is 0 Å². The van der Waals surface area contributed by atoms with Crippen molar-refractivity contribution in [2.24, 2.45) is 0 Å². The Bertz CT molecular complexity index is 575. The van der Waals surface area contributed by atoms with Crippen LogP contribution in [0.3, 0.4) is 0 Å². The first-order chi connectivity index (χ1) is 11.7. The molecule has 1 amide bonds. The minimum absolute atomic E-state index is 0.314. The highest BCUT2D eigenvalue weighted by Crippen LogP contribution is 2.09. The highest BCUT2D eigenvalue weighted by molar-refractivity contribution is 6.37. The number of carbonyl (C=O) groups is 3. The van der Waals surface area contributed by atoms with Crippen molar-refractivity contribution in [3.8, 4) is 0 Å². The Balaban J connectivity index is 2.52. The molecule has 0 fully saturated rings. The lowest BCUT2D eigenvalue weighted by molar-refractivity contribution is -0.163. The van der Waals surface area contributed by atoms with Crippen LogP contribution in [-0.4, -0.2) is 41.3 Å². The first kappa shape index (κ1) is 20.9. The summed E-state index contributed by atoms with van der Waals surface area (Å²) >= 11 is 0. The topological polar surface area (TPSA) is 63.7 Å². The Morgan fingerprint density at radius 1 is 1.04 bits per heavy atom. The van der Waals surface area contributed by atoms with Crippen LogP contribution in [0.25, 0.3) is 0 Å². The van der Waals surface area contributed by atoms with Gasteiger partial charge >= 0.3 is 5.97 Å². The number of benzene rings is 1. The summed E-state index contributed by atoms with van der Waals surface area (Å²) in [5.41, 5.74) is 0.477. The molecule has 0 radical (unpaired) electrons. The van der Waals surface area contributed by atoms with E-state index in [-0.39, 0.29) is 5.91 Å². The monoisotopic (exact) mass is 347 g/mol. The highest BCUT2D eigenvalue weighted by Gasteiger charge is 2.26. The average Bonchev–Trinajstić information content (AvgIpc) is 2.53. The maximum absolute atomic E-state index is 12.4. The predicted molar refractivity (Wildman–Crippen MR) is 97.1 cm³/mol. The Morgan fingerprint density at radius 2 is 1.68 bits per heavy atom. The average molecular weight is 347 g/mol. The molecular weight excluding hydrogens is 318 g/mol. The molecule has 1 rings (SSSR count). The van der Waals surface area contributed by atoms with E-state index in [1.165, 1.54) is 5.56 Å². The molecule has 0 atom stereocenters. The number of hydrogen-bond acceptors (Lipinski definition) is 4. The molecule has 0 aromatic heterocycles. The molecule has 0 bridgehead atoms. The number of rotatable bonds is 9. The minimum atomic E-state index is -0.943. The molecular formula is C20H29NO4. The van der Waals surface area contributed by atoms with Gasteiger partial charge in [0.1, 0.15) is 5.60 Å². The molecule has 0 unspecified atom stereocenters. The first-order valence-electron chi connectivity index (χ1n) is 8.81. The van der Waals surface area contributed by atoms with Gasteiger partial charge in [0.05, 0.1) is 6.42 Å². The van der Waals surface area contributed by atoms with Crippen LogP contribution in [0.2, 0.25) is 0 Å². The SMILES string of the molecule is CCCN(CCCc1ccccc1)C(=O)CC(=O)C(=O)OC(C)(C)C. The van der Waals surface area contributed by atoms with Crippen LogP contribution in [0, 0.1) is 0 Å². The number of ketones is 1. The van der Waals surface area contributed by atoms with Crippen LogP contribution in [0.5, 0.6) is 0 Å². The number of ether oxygens (including phenoxy) is 1. The van der Waals surface area contributed by atoms with E-state index in [9.17, 15) is 14.4 Å². The van der Waals surface area contributed by atoms with Gasteiger partial charge in [0.2, 0.25) is 11.7 Å². The molecule has 0 saturated carbocycles. The molecule has 0 aliphatic carbocycles. The fourth-order valence-electron chi connectivity index (χ4n) is 2.41. The molecule has 0 aliphatic heterocycles. The Morgan fingerprint density at radius 3 is 2.24 bits per heavy atom. The lowest BCUT2D eigenvalue weighted by Gasteiger charge is -2.22. The maximum atomic E-state index is 12.4. The second-order valence-electron chi connectivity index (χ2n) is 7.07. The molecule has 0 saturated heterocycles. The molecule has 0 N–H and O–H groups in total. The van der Waals surface area contributed by atoms with Gasteiger partial charge in [-0.15, -0.1) is 0 Å². The van der Waals surface area contributed by atoms with Gasteiger partial charge in [-0.2, -0.15) is 0 Å². The third kappa shape index (κ3) is 8.47. The van der Waals surface area contributed by atoms with Gasteiger partial charge in [0.25, 0.3) is 0 Å². The van der Waals surface area contributed by atoms with E-state index < -0.39 is 23.8 Å². The third-order valence-electron chi connectivity index (χ3n) is 3.52. The summed E-state index contributed by atoms with van der Waals surface area (Å²) in [5, 5.41) is 0. The number of amides is 1. The zero-order valence-electron chi connectivity index (χ0n) is 15.7. The van der Waals surface area contributed by atoms with E-state index in [1.807, 2.05) is 25.1 Å². The Labute approximate surface area is 150 Å². The van der Waals surface area contributed by atoms with E-state index in [0.717, 1.165) is 19.3 Å². The second-order valence-corrected chi connectivity index (χ2v) is 7.07. The molecule has 0 spiro atoms. The van der Waals surface area contributed by atoms with Crippen LogP contribution in [-0.2, 0) is 25.5 Å². The van der Waals surface area contributed by atoms with Gasteiger partial charge in [-0.3, -0.25) is 9.59 Å². The van der Waals surface area contributed by atoms with Gasteiger partial charge in [0.15, 0.2) is 0 Å². The lowest BCUT2D eigenvalue weighted by atomic mass is 10.1. The second kappa shape index (κ2) is 9.97. The van der Waals surface area contributed by atoms with Crippen molar-refractivity contribution in [2.75, 3.05) is 13.1 Å². The number of aryl methyl sites for hydroxylation is 1. The molecule has 25 heavy (non-hydrogen) atoms. The fraction of sp³-hybridized carbons (Fsp3) is 0.550. The number of nitrogens with zero attached hydrogens (tertiary/aromatic N) is 1. The smallest absolute Gasteiger partial charge is 0.375 e. The third-order valence-corrected chi connectivity index (χ3v) is 3.52. The van der Waals surface area contributed by atoms with Crippen molar-refractivity contribution < 1.29 is 19.1 Å². The van der Waals surface area contributed by atoms with Crippen molar-refractivity contribution in [2.45, 2.75) is 59.0 Å². The standard InChI is InChI=1S/C20H29NO4/c1-5-13-21(14-9-12-16-10-7-6-8-11-16)18(23)15-17(22)19(24)25-20(2,3)4/h6-8,10-11H,5,9,12-15H2,1-4H3. The molecule has 5 nitrogen and oxygen atoms in total. The Kier molecular flexibility index (Phi) is 8.32. The summed E-state index contributed by atoms with van der Waals surface area (Å²) in [6.45, 7) is 8.19. The van der Waals surface area contributed by atoms with Crippen molar-refractivity contribution in [3.63, 3.8) is 0 Å². The molecule has 1 aromatic carbocycles. The van der Waals surface area contributed by atoms with E-state index in [1.54, 1.807) is 25.7 Å². The number of carbonyl (C=O) groups excluding carboxylic acids is 3. The van der Waals surface area contributed by atoms with Crippen molar-refractivity contribution in [1.29, 1.82) is 0 Å². The summed E-state index contributed by atoms with van der Waals surface area (Å²) in [4.78, 5) is 37.7. The fourth-order valence-corrected chi connectivity index (χ4v) is 2.41. The quantitative estimate of drug-likeness (QED) is 0.391. The summed E-state index contributed by atoms with van der Waals surface area (Å²) < 4.78 is 5.02. The molecule has 5 heteroatoms. The summed E-state index contributed by atoms with van der Waals surface area (Å²) in [6.07, 6.45) is 2.06. The van der Waals surface area contributed by atoms with Gasteiger partial charge in [-0.05, 0) is 45.6 Å². The largest absolute Gasteiger partial charge is 0.454 e. The van der Waals surface area contributed by atoms with Gasteiger partial charge < -0.3 is 9.64 Å². The van der Waals surface area contributed by atoms with E-state index in [2.05, 4.69) is 12.1 Å². The van der Waals surface area contributed by atoms with Crippen molar-refractivity contribution in [1.82, 2.24) is 4.90 Å². The predicted octanol–water partition coefficient (Wildman–Crippen LogP) is 3.16. The highest BCUT2D eigenvalue weighted by atomic mass is 16.6. The van der Waals surface area contributed by atoms with Crippen LogP contribution in [0.15, 0.2) is 30.3 Å². The summed E-state index contributed by atoms with van der Waals surface area (Å²) in [7, 11) is 0. The zero-order valence-corrected chi connectivity index (χ0v) is 15.7. The summed E-state index contributed by atoms with van der Waals surface area (Å²) in [6, 6.07) is 10.1. The molecule has 0 heterocycles. The Hall–Kier alpha value is -2.17. The lowest BCUT2D eigenvalue weighted by Crippen LogP contribution is -2.37. The minimum Gasteiger partial charge on any atom is -0.454 e. The zero-order chi connectivity index (χ0) is 18.9. The number of hydrogen-bond donors (Lipinski definition) is 0. The van der Waals surface area contributed by atoms with E-state index in [0.29, 0.717) is 13.1 Å². The van der Waals surface area contributed by atoms with E-state index in [4.69, 9.17) is 4.74 Å². The summed E-state index contributed by atoms with van der Waals surface area (Å²) in [5.74, 6) is -2.04. The molecule has 0 aliphatic rings. The van der Waals surface area contributed by atoms with Gasteiger partial charge in [-0.25, -0.2) is 4.79 Å². The van der Waals surface area contributed by atoms with Crippen LogP contribution in [0.1, 0.15) is 52.5 Å². The molecule has 1 aromatic rings.